The van der Waals surface area contributed by atoms with E-state index in [1.54, 1.807) is 37.3 Å². The van der Waals surface area contributed by atoms with Crippen LogP contribution in [-0.4, -0.2) is 24.9 Å². The van der Waals surface area contributed by atoms with Crippen molar-refractivity contribution in [3.8, 4) is 11.1 Å². The number of benzene rings is 2. The zero-order chi connectivity index (χ0) is 23.5. The van der Waals surface area contributed by atoms with Gasteiger partial charge in [-0.2, -0.15) is 0 Å². The van der Waals surface area contributed by atoms with Crippen LogP contribution in [0.5, 0.6) is 0 Å². The fourth-order valence-corrected chi connectivity index (χ4v) is 4.37. The third-order valence-electron chi connectivity index (χ3n) is 4.70. The molecule has 0 aliphatic carbocycles. The quantitative estimate of drug-likeness (QED) is 0.395. The van der Waals surface area contributed by atoms with Crippen LogP contribution < -0.4 is 10.5 Å². The SMILES string of the molecule is CCCS(=O)(=O)Nc1ccc(F)c(CC(=N)c2cc(-c3ccc(Cl)cc3)cnc2N)c1F. The smallest absolute Gasteiger partial charge is 0.232 e. The molecule has 32 heavy (non-hydrogen) atoms. The minimum absolute atomic E-state index is 0.0355. The highest BCUT2D eigenvalue weighted by atomic mass is 35.5. The van der Waals surface area contributed by atoms with Crippen LogP contribution in [0.4, 0.5) is 20.3 Å². The van der Waals surface area contributed by atoms with Crippen molar-refractivity contribution in [2.75, 3.05) is 16.2 Å². The monoisotopic (exact) mass is 478 g/mol. The molecule has 3 aromatic rings. The van der Waals surface area contributed by atoms with Gasteiger partial charge in [-0.05, 0) is 42.3 Å². The molecule has 0 aliphatic heterocycles. The summed E-state index contributed by atoms with van der Waals surface area (Å²) in [5.74, 6) is -2.14. The summed E-state index contributed by atoms with van der Waals surface area (Å²) >= 11 is 5.91. The summed E-state index contributed by atoms with van der Waals surface area (Å²) in [6.07, 6.45) is 1.42. The van der Waals surface area contributed by atoms with Gasteiger partial charge in [0.1, 0.15) is 11.6 Å². The fraction of sp³-hybridized carbons (Fsp3) is 0.182. The van der Waals surface area contributed by atoms with Crippen molar-refractivity contribution < 1.29 is 17.2 Å². The van der Waals surface area contributed by atoms with Crippen molar-refractivity contribution in [2.45, 2.75) is 19.8 Å². The minimum Gasteiger partial charge on any atom is -0.383 e. The van der Waals surface area contributed by atoms with Crippen LogP contribution in [0.25, 0.3) is 11.1 Å². The number of nitrogens with one attached hydrogen (secondary N) is 2. The number of hydrogen-bond donors (Lipinski definition) is 3. The van der Waals surface area contributed by atoms with Crippen molar-refractivity contribution in [1.82, 2.24) is 4.98 Å². The van der Waals surface area contributed by atoms with Gasteiger partial charge in [0.2, 0.25) is 10.0 Å². The van der Waals surface area contributed by atoms with Crippen LogP contribution in [0.2, 0.25) is 5.02 Å². The van der Waals surface area contributed by atoms with Gasteiger partial charge in [0.25, 0.3) is 0 Å². The summed E-state index contributed by atoms with van der Waals surface area (Å²) < 4.78 is 55.4. The Labute approximate surface area is 190 Å². The van der Waals surface area contributed by atoms with E-state index in [2.05, 4.69) is 9.71 Å². The van der Waals surface area contributed by atoms with Crippen molar-refractivity contribution in [2.24, 2.45) is 0 Å². The zero-order valence-electron chi connectivity index (χ0n) is 17.1. The molecule has 0 saturated heterocycles. The van der Waals surface area contributed by atoms with Gasteiger partial charge in [0, 0.05) is 40.0 Å². The number of pyridine rings is 1. The summed E-state index contributed by atoms with van der Waals surface area (Å²) in [6.45, 7) is 1.67. The third-order valence-corrected chi connectivity index (χ3v) is 6.43. The van der Waals surface area contributed by atoms with E-state index in [0.717, 1.165) is 17.7 Å². The van der Waals surface area contributed by atoms with Crippen LogP contribution in [-0.2, 0) is 16.4 Å². The highest BCUT2D eigenvalue weighted by Crippen LogP contribution is 2.27. The Bertz CT molecular complexity index is 1270. The molecule has 0 amide bonds. The first-order valence-corrected chi connectivity index (χ1v) is 11.7. The normalized spacial score (nSPS) is 11.4. The van der Waals surface area contributed by atoms with Gasteiger partial charge in [0.15, 0.2) is 5.82 Å². The van der Waals surface area contributed by atoms with Crippen LogP contribution in [0, 0.1) is 17.0 Å². The maximum atomic E-state index is 14.9. The molecule has 0 fully saturated rings. The third kappa shape index (κ3) is 5.41. The van der Waals surface area contributed by atoms with E-state index < -0.39 is 33.6 Å². The number of nitrogens with zero attached hydrogens (tertiary/aromatic N) is 1. The Hall–Kier alpha value is -3.04. The van der Waals surface area contributed by atoms with Crippen LogP contribution in [0.3, 0.4) is 0 Å². The summed E-state index contributed by atoms with van der Waals surface area (Å²) in [5.41, 5.74) is 6.58. The van der Waals surface area contributed by atoms with Crippen LogP contribution >= 0.6 is 11.6 Å². The number of hydrogen-bond acceptors (Lipinski definition) is 5. The van der Waals surface area contributed by atoms with E-state index in [1.807, 2.05) is 0 Å². The molecule has 0 spiro atoms. The molecule has 0 unspecified atom stereocenters. The Balaban J connectivity index is 1.93. The van der Waals surface area contributed by atoms with Gasteiger partial charge in [0.05, 0.1) is 11.4 Å². The maximum absolute atomic E-state index is 14.9. The first-order valence-electron chi connectivity index (χ1n) is 9.68. The van der Waals surface area contributed by atoms with Crippen LogP contribution in [0.1, 0.15) is 24.5 Å². The summed E-state index contributed by atoms with van der Waals surface area (Å²) in [4.78, 5) is 4.10. The first-order chi connectivity index (χ1) is 15.1. The zero-order valence-corrected chi connectivity index (χ0v) is 18.7. The molecule has 1 aromatic heterocycles. The number of rotatable bonds is 8. The second-order valence-corrected chi connectivity index (χ2v) is 9.41. The Morgan fingerprint density at radius 3 is 2.50 bits per heavy atom. The molecule has 0 atom stereocenters. The number of aromatic nitrogens is 1. The highest BCUT2D eigenvalue weighted by Gasteiger charge is 2.20. The molecule has 6 nitrogen and oxygen atoms in total. The van der Waals surface area contributed by atoms with Gasteiger partial charge in [-0.15, -0.1) is 0 Å². The molecule has 2 aromatic carbocycles. The number of halogens is 3. The van der Waals surface area contributed by atoms with Crippen molar-refractivity contribution in [3.63, 3.8) is 0 Å². The Morgan fingerprint density at radius 1 is 1.16 bits per heavy atom. The standard InChI is InChI=1S/C22H21ClF2N4O2S/c1-2-9-32(30,31)29-20-8-7-18(24)16(21(20)25)11-19(26)17-10-14(12-28-22(17)27)13-3-5-15(23)6-4-13/h3-8,10,12,26,29H,2,9,11H2,1H3,(H2,27,28). The minimum atomic E-state index is -3.77. The van der Waals surface area contributed by atoms with Crippen molar-refractivity contribution >= 4 is 38.8 Å². The summed E-state index contributed by atoms with van der Waals surface area (Å²) in [7, 11) is -3.77. The molecular weight excluding hydrogens is 458 g/mol. The Morgan fingerprint density at radius 2 is 1.84 bits per heavy atom. The maximum Gasteiger partial charge on any atom is 0.232 e. The molecule has 168 valence electrons. The predicted octanol–water partition coefficient (Wildman–Crippen LogP) is 5.02. The number of nitrogen functional groups attached to an aromatic ring is 1. The summed E-state index contributed by atoms with van der Waals surface area (Å²) in [6, 6.07) is 10.5. The second kappa shape index (κ2) is 9.62. The van der Waals surface area contributed by atoms with Crippen molar-refractivity contribution in [3.05, 3.63) is 76.4 Å². The predicted molar refractivity (Wildman–Crippen MR) is 124 cm³/mol. The Kier molecular flexibility index (Phi) is 7.10. The van der Waals surface area contributed by atoms with Gasteiger partial charge >= 0.3 is 0 Å². The van der Waals surface area contributed by atoms with E-state index in [1.165, 1.54) is 6.20 Å². The largest absolute Gasteiger partial charge is 0.383 e. The lowest BCUT2D eigenvalue weighted by molar-refractivity contribution is 0.565. The fourth-order valence-electron chi connectivity index (χ4n) is 3.12. The number of anilines is 2. The lowest BCUT2D eigenvalue weighted by Gasteiger charge is -2.14. The average molecular weight is 479 g/mol. The molecule has 3 rings (SSSR count). The van der Waals surface area contributed by atoms with E-state index in [0.29, 0.717) is 17.0 Å². The molecule has 0 bridgehead atoms. The molecule has 0 aliphatic rings. The highest BCUT2D eigenvalue weighted by molar-refractivity contribution is 7.92. The molecule has 0 saturated carbocycles. The van der Waals surface area contributed by atoms with Gasteiger partial charge in [-0.1, -0.05) is 30.7 Å². The lowest BCUT2D eigenvalue weighted by atomic mass is 9.98. The van der Waals surface area contributed by atoms with E-state index in [9.17, 15) is 17.2 Å². The van der Waals surface area contributed by atoms with E-state index in [4.69, 9.17) is 22.7 Å². The van der Waals surface area contributed by atoms with Crippen molar-refractivity contribution in [1.29, 1.82) is 5.41 Å². The lowest BCUT2D eigenvalue weighted by Crippen LogP contribution is -2.18. The topological polar surface area (TPSA) is 109 Å². The van der Waals surface area contributed by atoms with Gasteiger partial charge in [-0.25, -0.2) is 22.2 Å². The molecule has 10 heteroatoms. The first kappa shape index (κ1) is 23.6. The number of nitrogens with two attached hydrogens (primary N) is 1. The van der Waals surface area contributed by atoms with E-state index in [-0.39, 0.29) is 28.5 Å². The second-order valence-electron chi connectivity index (χ2n) is 7.13. The molecule has 4 N–H and O–H groups in total. The molecule has 1 heterocycles. The van der Waals surface area contributed by atoms with Crippen LogP contribution in [0.15, 0.2) is 48.7 Å². The van der Waals surface area contributed by atoms with E-state index >= 15 is 0 Å². The van der Waals surface area contributed by atoms with Gasteiger partial charge in [-0.3, -0.25) is 4.72 Å². The summed E-state index contributed by atoms with van der Waals surface area (Å²) in [5, 5.41) is 8.96. The molecule has 0 radical (unpaired) electrons. The van der Waals surface area contributed by atoms with Gasteiger partial charge < -0.3 is 11.1 Å². The molecular formula is C22H21ClF2N4O2S. The average Bonchev–Trinajstić information content (AvgIpc) is 2.74. The number of sulfonamides is 1.